The van der Waals surface area contributed by atoms with E-state index in [2.05, 4.69) is 5.32 Å². The van der Waals surface area contributed by atoms with Crippen LogP contribution in [0.15, 0.2) is 40.7 Å². The number of carbonyl (C=O) groups excluding carboxylic acids is 3. The van der Waals surface area contributed by atoms with Crippen molar-refractivity contribution in [1.29, 1.82) is 0 Å². The van der Waals surface area contributed by atoms with Crippen molar-refractivity contribution in [3.8, 4) is 11.5 Å². The largest absolute Gasteiger partial charge is 0.465 e. The molecule has 2 aliphatic heterocycles. The second-order valence-electron chi connectivity index (χ2n) is 8.10. The minimum atomic E-state index is -0.922. The van der Waals surface area contributed by atoms with Crippen LogP contribution < -0.4 is 14.8 Å². The molecule has 1 aromatic carbocycles. The van der Waals surface area contributed by atoms with Crippen LogP contribution in [-0.2, 0) is 23.9 Å². The van der Waals surface area contributed by atoms with Crippen LogP contribution in [0.3, 0.4) is 0 Å². The number of fused-ring (bicyclic) bond motifs is 1. The SMILES string of the molecule is CCOC(=O)C1=C(C)NC2=C(C(=O)[C@H](C(=O)OCC)[C@@H](C)C2)[C@H]1c1ccc2c(c1)OCO2. The van der Waals surface area contributed by atoms with Gasteiger partial charge in [0.15, 0.2) is 17.3 Å². The first-order chi connectivity index (χ1) is 15.4. The summed E-state index contributed by atoms with van der Waals surface area (Å²) in [6, 6.07) is 5.35. The Morgan fingerprint density at radius 1 is 1.12 bits per heavy atom. The maximum absolute atomic E-state index is 13.7. The number of Topliss-reactive ketones (excluding diaryl/α,β-unsaturated/α-hetero) is 1. The van der Waals surface area contributed by atoms with Crippen molar-refractivity contribution in [2.75, 3.05) is 20.0 Å². The van der Waals surface area contributed by atoms with Gasteiger partial charge in [0.1, 0.15) is 5.92 Å². The topological polar surface area (TPSA) is 100 Å². The van der Waals surface area contributed by atoms with E-state index >= 15 is 0 Å². The quantitative estimate of drug-likeness (QED) is 0.550. The van der Waals surface area contributed by atoms with Gasteiger partial charge in [-0.05, 0) is 50.8 Å². The minimum Gasteiger partial charge on any atom is -0.465 e. The average molecular weight is 441 g/mol. The van der Waals surface area contributed by atoms with E-state index in [0.717, 1.165) is 5.70 Å². The number of allylic oxidation sites excluding steroid dienone is 3. The standard InChI is InChI=1S/C24H27NO7/c1-5-29-23(27)18-12(3)9-15-21(22(18)26)20(19(13(4)25-15)24(28)30-6-2)14-7-8-16-17(10-14)32-11-31-16/h7-8,10,12,18,20,25H,5-6,9,11H2,1-4H3/t12-,18+,20-/m0/s1. The summed E-state index contributed by atoms with van der Waals surface area (Å²) in [4.78, 5) is 39.3. The summed E-state index contributed by atoms with van der Waals surface area (Å²) in [6.07, 6.45) is 0.485. The van der Waals surface area contributed by atoms with E-state index in [4.69, 9.17) is 18.9 Å². The number of carbonyl (C=O) groups is 3. The normalized spacial score (nSPS) is 24.1. The van der Waals surface area contributed by atoms with Crippen LogP contribution in [0.2, 0.25) is 0 Å². The number of ketones is 1. The van der Waals surface area contributed by atoms with Crippen molar-refractivity contribution >= 4 is 17.7 Å². The Labute approximate surface area is 186 Å². The van der Waals surface area contributed by atoms with Crippen LogP contribution in [0.25, 0.3) is 0 Å². The van der Waals surface area contributed by atoms with E-state index in [-0.39, 0.29) is 31.7 Å². The predicted molar refractivity (Wildman–Crippen MR) is 114 cm³/mol. The second kappa shape index (κ2) is 8.68. The molecule has 4 rings (SSSR count). The zero-order valence-corrected chi connectivity index (χ0v) is 18.7. The molecule has 8 nitrogen and oxygen atoms in total. The fraction of sp³-hybridized carbons (Fsp3) is 0.458. The molecule has 1 N–H and O–H groups in total. The Hall–Kier alpha value is -3.29. The van der Waals surface area contributed by atoms with Crippen LogP contribution in [0.5, 0.6) is 11.5 Å². The molecule has 170 valence electrons. The highest BCUT2D eigenvalue weighted by atomic mass is 16.7. The van der Waals surface area contributed by atoms with E-state index in [9.17, 15) is 14.4 Å². The summed E-state index contributed by atoms with van der Waals surface area (Å²) >= 11 is 0. The fourth-order valence-corrected chi connectivity index (χ4v) is 4.69. The first-order valence-electron chi connectivity index (χ1n) is 10.9. The van der Waals surface area contributed by atoms with Gasteiger partial charge in [0.25, 0.3) is 0 Å². The molecule has 0 fully saturated rings. The summed E-state index contributed by atoms with van der Waals surface area (Å²) in [7, 11) is 0. The van der Waals surface area contributed by atoms with Crippen LogP contribution in [-0.4, -0.2) is 37.7 Å². The zero-order chi connectivity index (χ0) is 23.0. The van der Waals surface area contributed by atoms with Gasteiger partial charge < -0.3 is 24.3 Å². The predicted octanol–water partition coefficient (Wildman–Crippen LogP) is 2.98. The lowest BCUT2D eigenvalue weighted by molar-refractivity contribution is -0.153. The fourth-order valence-electron chi connectivity index (χ4n) is 4.69. The molecule has 3 aliphatic rings. The Morgan fingerprint density at radius 3 is 2.56 bits per heavy atom. The molecule has 0 aromatic heterocycles. The number of nitrogens with one attached hydrogen (secondary N) is 1. The maximum Gasteiger partial charge on any atom is 0.336 e. The van der Waals surface area contributed by atoms with Crippen LogP contribution in [0.1, 0.15) is 45.6 Å². The molecule has 3 atom stereocenters. The van der Waals surface area contributed by atoms with Gasteiger partial charge in [-0.1, -0.05) is 13.0 Å². The number of dihydropyridines is 1. The van der Waals surface area contributed by atoms with Gasteiger partial charge in [-0.25, -0.2) is 4.79 Å². The third-order valence-corrected chi connectivity index (χ3v) is 6.05. The Kier molecular flexibility index (Phi) is 5.95. The number of benzene rings is 1. The molecular weight excluding hydrogens is 414 g/mol. The van der Waals surface area contributed by atoms with Crippen molar-refractivity contribution in [2.24, 2.45) is 11.8 Å². The van der Waals surface area contributed by atoms with E-state index in [0.29, 0.717) is 40.3 Å². The van der Waals surface area contributed by atoms with Gasteiger partial charge in [-0.15, -0.1) is 0 Å². The van der Waals surface area contributed by atoms with Crippen molar-refractivity contribution < 1.29 is 33.3 Å². The number of hydrogen-bond donors (Lipinski definition) is 1. The molecule has 32 heavy (non-hydrogen) atoms. The highest BCUT2D eigenvalue weighted by Crippen LogP contribution is 2.47. The van der Waals surface area contributed by atoms with E-state index in [1.807, 2.05) is 13.0 Å². The molecule has 0 amide bonds. The summed E-state index contributed by atoms with van der Waals surface area (Å²) < 4.78 is 21.5. The smallest absolute Gasteiger partial charge is 0.336 e. The summed E-state index contributed by atoms with van der Waals surface area (Å²) in [5, 5.41) is 3.24. The summed E-state index contributed by atoms with van der Waals surface area (Å²) in [6.45, 7) is 7.60. The van der Waals surface area contributed by atoms with Gasteiger partial charge >= 0.3 is 11.9 Å². The van der Waals surface area contributed by atoms with Crippen molar-refractivity contribution in [1.82, 2.24) is 5.32 Å². The third kappa shape index (κ3) is 3.63. The van der Waals surface area contributed by atoms with Crippen molar-refractivity contribution in [3.05, 3.63) is 46.3 Å². The Bertz CT molecular complexity index is 1040. The molecule has 0 radical (unpaired) electrons. The highest BCUT2D eigenvalue weighted by molar-refractivity contribution is 6.12. The average Bonchev–Trinajstić information content (AvgIpc) is 3.20. The Morgan fingerprint density at radius 2 is 1.84 bits per heavy atom. The number of rotatable bonds is 5. The molecule has 2 heterocycles. The molecule has 0 spiro atoms. The van der Waals surface area contributed by atoms with E-state index in [1.54, 1.807) is 32.9 Å². The molecule has 0 bridgehead atoms. The summed E-state index contributed by atoms with van der Waals surface area (Å²) in [5.74, 6) is -2.09. The zero-order valence-electron chi connectivity index (χ0n) is 18.7. The van der Waals surface area contributed by atoms with E-state index in [1.165, 1.54) is 0 Å². The van der Waals surface area contributed by atoms with Crippen molar-refractivity contribution in [3.63, 3.8) is 0 Å². The van der Waals surface area contributed by atoms with Gasteiger partial charge in [0, 0.05) is 22.9 Å². The van der Waals surface area contributed by atoms with Gasteiger partial charge in [0.2, 0.25) is 6.79 Å². The summed E-state index contributed by atoms with van der Waals surface area (Å²) in [5.41, 5.74) is 2.77. The Balaban J connectivity index is 1.85. The lowest BCUT2D eigenvalue weighted by Gasteiger charge is -2.38. The molecule has 8 heteroatoms. The van der Waals surface area contributed by atoms with Crippen LogP contribution in [0.4, 0.5) is 0 Å². The highest BCUT2D eigenvalue weighted by Gasteiger charge is 2.47. The molecule has 1 aromatic rings. The number of esters is 2. The van der Waals surface area contributed by atoms with Crippen LogP contribution >= 0.6 is 0 Å². The third-order valence-electron chi connectivity index (χ3n) is 6.05. The van der Waals surface area contributed by atoms with Crippen LogP contribution in [0, 0.1) is 11.8 Å². The molecule has 1 aliphatic carbocycles. The molecule has 0 unspecified atom stereocenters. The van der Waals surface area contributed by atoms with E-state index < -0.39 is 23.8 Å². The van der Waals surface area contributed by atoms with Gasteiger partial charge in [-0.3, -0.25) is 9.59 Å². The number of hydrogen-bond acceptors (Lipinski definition) is 8. The maximum atomic E-state index is 13.7. The molecule has 0 saturated heterocycles. The van der Waals surface area contributed by atoms with Gasteiger partial charge in [0.05, 0.1) is 18.8 Å². The van der Waals surface area contributed by atoms with Gasteiger partial charge in [-0.2, -0.15) is 0 Å². The second-order valence-corrected chi connectivity index (χ2v) is 8.10. The molecule has 0 saturated carbocycles. The monoisotopic (exact) mass is 441 g/mol. The first-order valence-corrected chi connectivity index (χ1v) is 10.9. The first kappa shape index (κ1) is 21.9. The lowest BCUT2D eigenvalue weighted by Crippen LogP contribution is -2.43. The van der Waals surface area contributed by atoms with Crippen molar-refractivity contribution in [2.45, 2.75) is 40.0 Å². The number of ether oxygens (including phenoxy) is 4. The lowest BCUT2D eigenvalue weighted by atomic mass is 9.69. The minimum absolute atomic E-state index is 0.111. The molecular formula is C24H27NO7.